The van der Waals surface area contributed by atoms with Crippen LogP contribution in [0.15, 0.2) is 0 Å². The van der Waals surface area contributed by atoms with Gasteiger partial charge < -0.3 is 5.32 Å². The third-order valence-corrected chi connectivity index (χ3v) is 2.81. The molecule has 1 amide bonds. The summed E-state index contributed by atoms with van der Waals surface area (Å²) in [5, 5.41) is 2.94. The minimum Gasteiger partial charge on any atom is -0.352 e. The van der Waals surface area contributed by atoms with Crippen LogP contribution in [-0.2, 0) is 4.79 Å². The molecule has 0 aromatic rings. The second kappa shape index (κ2) is 3.83. The summed E-state index contributed by atoms with van der Waals surface area (Å²) in [4.78, 5) is 11.7. The van der Waals surface area contributed by atoms with Crippen molar-refractivity contribution in [3.8, 4) is 12.3 Å². The molecular weight excluding hydrogens is 162 g/mol. The van der Waals surface area contributed by atoms with Crippen LogP contribution in [0, 0.1) is 17.8 Å². The molecule has 0 radical (unpaired) electrons. The maximum absolute atomic E-state index is 11.7. The van der Waals surface area contributed by atoms with E-state index >= 15 is 0 Å². The van der Waals surface area contributed by atoms with Gasteiger partial charge in [-0.1, -0.05) is 13.3 Å². The van der Waals surface area contributed by atoms with E-state index in [1.807, 2.05) is 13.8 Å². The highest BCUT2D eigenvalue weighted by atomic mass is 16.2. The van der Waals surface area contributed by atoms with Gasteiger partial charge in [-0.05, 0) is 19.8 Å². The number of carbonyl (C=O) groups is 1. The Bertz CT molecular complexity index is 235. The third-order valence-electron chi connectivity index (χ3n) is 2.81. The molecule has 13 heavy (non-hydrogen) atoms. The molecule has 0 aromatic heterocycles. The average Bonchev–Trinajstić information content (AvgIpc) is 2.00. The Hall–Kier alpha value is -0.970. The standard InChI is InChI=1S/C11H17NO/c1-4-6-9(2)12-10(13)11(3)7-5-8-11/h1,9H,5-8H2,2-3H3,(H,12,13). The first kappa shape index (κ1) is 10.1. The van der Waals surface area contributed by atoms with Crippen LogP contribution < -0.4 is 5.32 Å². The topological polar surface area (TPSA) is 29.1 Å². The number of carbonyl (C=O) groups excluding carboxylic acids is 1. The third kappa shape index (κ3) is 2.24. The van der Waals surface area contributed by atoms with E-state index in [1.165, 1.54) is 6.42 Å². The molecule has 0 saturated heterocycles. The zero-order valence-electron chi connectivity index (χ0n) is 8.39. The Kier molecular flexibility index (Phi) is 2.98. The molecule has 1 aliphatic rings. The monoisotopic (exact) mass is 179 g/mol. The predicted molar refractivity (Wildman–Crippen MR) is 53.0 cm³/mol. The quantitative estimate of drug-likeness (QED) is 0.656. The molecule has 0 aromatic carbocycles. The number of terminal acetylenes is 1. The number of nitrogens with one attached hydrogen (secondary N) is 1. The van der Waals surface area contributed by atoms with Crippen molar-refractivity contribution in [2.45, 2.75) is 45.6 Å². The van der Waals surface area contributed by atoms with Crippen LogP contribution in [0.4, 0.5) is 0 Å². The van der Waals surface area contributed by atoms with E-state index in [0.717, 1.165) is 12.8 Å². The van der Waals surface area contributed by atoms with Crippen molar-refractivity contribution in [1.29, 1.82) is 0 Å². The van der Waals surface area contributed by atoms with Crippen molar-refractivity contribution in [1.82, 2.24) is 5.32 Å². The van der Waals surface area contributed by atoms with Crippen molar-refractivity contribution >= 4 is 5.91 Å². The van der Waals surface area contributed by atoms with E-state index in [4.69, 9.17) is 6.42 Å². The van der Waals surface area contributed by atoms with Crippen LogP contribution in [0.1, 0.15) is 39.5 Å². The molecule has 1 unspecified atom stereocenters. The van der Waals surface area contributed by atoms with E-state index in [0.29, 0.717) is 6.42 Å². The van der Waals surface area contributed by atoms with Crippen molar-refractivity contribution in [2.24, 2.45) is 5.41 Å². The zero-order chi connectivity index (χ0) is 9.90. The van der Waals surface area contributed by atoms with E-state index < -0.39 is 0 Å². The Morgan fingerprint density at radius 2 is 2.31 bits per heavy atom. The largest absolute Gasteiger partial charge is 0.352 e. The zero-order valence-corrected chi connectivity index (χ0v) is 8.39. The minimum atomic E-state index is -0.108. The Balaban J connectivity index is 2.37. The molecule has 2 heteroatoms. The highest BCUT2D eigenvalue weighted by molar-refractivity contribution is 5.83. The first-order valence-electron chi connectivity index (χ1n) is 4.83. The lowest BCUT2D eigenvalue weighted by atomic mass is 9.70. The van der Waals surface area contributed by atoms with Gasteiger partial charge in [-0.2, -0.15) is 0 Å². The molecule has 2 nitrogen and oxygen atoms in total. The average molecular weight is 179 g/mol. The summed E-state index contributed by atoms with van der Waals surface area (Å²) in [5.74, 6) is 2.71. The number of rotatable bonds is 3. The summed E-state index contributed by atoms with van der Waals surface area (Å²) in [6, 6.07) is 0.106. The van der Waals surface area contributed by atoms with Gasteiger partial charge in [0.15, 0.2) is 0 Å². The van der Waals surface area contributed by atoms with E-state index in [2.05, 4.69) is 11.2 Å². The molecule has 0 aliphatic heterocycles. The van der Waals surface area contributed by atoms with Gasteiger partial charge in [-0.3, -0.25) is 4.79 Å². The number of hydrogen-bond donors (Lipinski definition) is 1. The molecule has 0 heterocycles. The molecule has 1 fully saturated rings. The first-order valence-corrected chi connectivity index (χ1v) is 4.83. The molecule has 0 bridgehead atoms. The van der Waals surface area contributed by atoms with Crippen molar-refractivity contribution in [3.63, 3.8) is 0 Å². The van der Waals surface area contributed by atoms with Gasteiger partial charge in [0.25, 0.3) is 0 Å². The maximum Gasteiger partial charge on any atom is 0.226 e. The summed E-state index contributed by atoms with van der Waals surface area (Å²) in [6.45, 7) is 3.97. The summed E-state index contributed by atoms with van der Waals surface area (Å²) in [5.41, 5.74) is -0.108. The van der Waals surface area contributed by atoms with Gasteiger partial charge in [-0.15, -0.1) is 12.3 Å². The molecule has 0 spiro atoms. The fourth-order valence-corrected chi connectivity index (χ4v) is 1.56. The fraction of sp³-hybridized carbons (Fsp3) is 0.727. The van der Waals surface area contributed by atoms with Gasteiger partial charge in [0, 0.05) is 17.9 Å². The predicted octanol–water partition coefficient (Wildman–Crippen LogP) is 1.70. The second-order valence-corrected chi connectivity index (χ2v) is 4.20. The lowest BCUT2D eigenvalue weighted by Crippen LogP contribution is -2.46. The normalized spacial score (nSPS) is 21.0. The van der Waals surface area contributed by atoms with E-state index in [9.17, 15) is 4.79 Å². The second-order valence-electron chi connectivity index (χ2n) is 4.20. The summed E-state index contributed by atoms with van der Waals surface area (Å²) in [6.07, 6.45) is 8.98. The van der Waals surface area contributed by atoms with Gasteiger partial charge in [0.1, 0.15) is 0 Å². The number of amides is 1. The molecule has 1 saturated carbocycles. The lowest BCUT2D eigenvalue weighted by molar-refractivity contribution is -0.135. The molecule has 72 valence electrons. The number of hydrogen-bond acceptors (Lipinski definition) is 1. The summed E-state index contributed by atoms with van der Waals surface area (Å²) < 4.78 is 0. The van der Waals surface area contributed by atoms with E-state index in [1.54, 1.807) is 0 Å². The van der Waals surface area contributed by atoms with Gasteiger partial charge in [0.2, 0.25) is 5.91 Å². The van der Waals surface area contributed by atoms with Gasteiger partial charge in [0.05, 0.1) is 0 Å². The molecule has 1 aliphatic carbocycles. The smallest absolute Gasteiger partial charge is 0.226 e. The highest BCUT2D eigenvalue weighted by Gasteiger charge is 2.39. The van der Waals surface area contributed by atoms with Crippen LogP contribution in [0.3, 0.4) is 0 Å². The van der Waals surface area contributed by atoms with Gasteiger partial charge in [-0.25, -0.2) is 0 Å². The van der Waals surface area contributed by atoms with Crippen LogP contribution in [-0.4, -0.2) is 11.9 Å². The van der Waals surface area contributed by atoms with Gasteiger partial charge >= 0.3 is 0 Å². The molecular formula is C11H17NO. The molecule has 1 rings (SSSR count). The molecule has 1 atom stereocenters. The lowest BCUT2D eigenvalue weighted by Gasteiger charge is -2.37. The summed E-state index contributed by atoms with van der Waals surface area (Å²) in [7, 11) is 0. The van der Waals surface area contributed by atoms with Crippen LogP contribution in [0.5, 0.6) is 0 Å². The Labute approximate surface area is 80.1 Å². The highest BCUT2D eigenvalue weighted by Crippen LogP contribution is 2.40. The Morgan fingerprint density at radius 3 is 2.69 bits per heavy atom. The van der Waals surface area contributed by atoms with Crippen molar-refractivity contribution < 1.29 is 4.79 Å². The fourth-order valence-electron chi connectivity index (χ4n) is 1.56. The summed E-state index contributed by atoms with van der Waals surface area (Å²) >= 11 is 0. The van der Waals surface area contributed by atoms with Crippen LogP contribution in [0.25, 0.3) is 0 Å². The maximum atomic E-state index is 11.7. The van der Waals surface area contributed by atoms with Crippen molar-refractivity contribution in [2.75, 3.05) is 0 Å². The first-order chi connectivity index (χ1) is 6.08. The van der Waals surface area contributed by atoms with Crippen LogP contribution in [0.2, 0.25) is 0 Å². The van der Waals surface area contributed by atoms with Crippen molar-refractivity contribution in [3.05, 3.63) is 0 Å². The Morgan fingerprint density at radius 1 is 1.69 bits per heavy atom. The van der Waals surface area contributed by atoms with E-state index in [-0.39, 0.29) is 17.4 Å². The van der Waals surface area contributed by atoms with Crippen LogP contribution >= 0.6 is 0 Å². The minimum absolute atomic E-state index is 0.106. The SMILES string of the molecule is C#CCC(C)NC(=O)C1(C)CCC1. The molecule has 1 N–H and O–H groups in total.